The summed E-state index contributed by atoms with van der Waals surface area (Å²) in [5, 5.41) is 0.132. The van der Waals surface area contributed by atoms with Crippen molar-refractivity contribution in [3.63, 3.8) is 0 Å². The Morgan fingerprint density at radius 2 is 2.13 bits per heavy atom. The second-order valence-corrected chi connectivity index (χ2v) is 6.93. The molecule has 0 bridgehead atoms. The third-order valence-electron chi connectivity index (χ3n) is 3.47. The lowest BCUT2D eigenvalue weighted by Crippen LogP contribution is -2.38. The van der Waals surface area contributed by atoms with Gasteiger partial charge in [-0.3, -0.25) is 4.21 Å². The van der Waals surface area contributed by atoms with Gasteiger partial charge >= 0.3 is 5.97 Å². The molecule has 0 unspecified atom stereocenters. The fourth-order valence-corrected chi connectivity index (χ4v) is 3.66. The van der Waals surface area contributed by atoms with E-state index in [1.54, 1.807) is 6.07 Å². The van der Waals surface area contributed by atoms with Crippen molar-refractivity contribution in [3.05, 3.63) is 28.9 Å². The molecule has 0 radical (unpaired) electrons. The van der Waals surface area contributed by atoms with Crippen LogP contribution in [0.2, 0.25) is 5.15 Å². The Hall–Kier alpha value is -1.60. The zero-order valence-electron chi connectivity index (χ0n) is 13.1. The van der Waals surface area contributed by atoms with E-state index in [1.807, 2.05) is 11.8 Å². The quantitative estimate of drug-likeness (QED) is 0.456. The Kier molecular flexibility index (Phi) is 6.01. The minimum absolute atomic E-state index is 0.132. The number of aromatic nitrogens is 1. The number of pyridine rings is 1. The SMILES string of the molecule is C=C(OCC)c1c(C(=O)OC)cc(N2CCS(=O)CC2)nc1Cl. The van der Waals surface area contributed by atoms with Crippen molar-refractivity contribution in [1.29, 1.82) is 0 Å². The smallest absolute Gasteiger partial charge is 0.338 e. The average Bonchev–Trinajstić information content (AvgIpc) is 2.54. The van der Waals surface area contributed by atoms with E-state index in [4.69, 9.17) is 21.1 Å². The molecule has 2 rings (SSSR count). The van der Waals surface area contributed by atoms with Crippen molar-refractivity contribution in [2.45, 2.75) is 6.92 Å². The van der Waals surface area contributed by atoms with Gasteiger partial charge in [0, 0.05) is 35.4 Å². The van der Waals surface area contributed by atoms with Gasteiger partial charge in [0.05, 0.1) is 24.8 Å². The van der Waals surface area contributed by atoms with E-state index in [2.05, 4.69) is 11.6 Å². The molecule has 1 aromatic rings. The summed E-state index contributed by atoms with van der Waals surface area (Å²) in [6, 6.07) is 1.62. The van der Waals surface area contributed by atoms with Crippen LogP contribution in [-0.2, 0) is 20.3 Å². The predicted molar refractivity (Wildman–Crippen MR) is 91.3 cm³/mol. The van der Waals surface area contributed by atoms with E-state index in [-0.39, 0.29) is 16.5 Å². The molecule has 1 aliphatic heterocycles. The zero-order valence-corrected chi connectivity index (χ0v) is 14.7. The van der Waals surface area contributed by atoms with Crippen LogP contribution in [0.5, 0.6) is 0 Å². The summed E-state index contributed by atoms with van der Waals surface area (Å²) < 4.78 is 21.7. The van der Waals surface area contributed by atoms with Gasteiger partial charge in [-0.2, -0.15) is 0 Å². The van der Waals surface area contributed by atoms with Crippen molar-refractivity contribution >= 4 is 39.9 Å². The molecule has 1 aromatic heterocycles. The molecule has 0 N–H and O–H groups in total. The topological polar surface area (TPSA) is 68.7 Å². The standard InChI is InChI=1S/C15H19ClN2O4S/c1-4-22-10(2)13-11(15(19)21-3)9-12(17-14(13)16)18-5-7-23(20)8-6-18/h9H,2,4-8H2,1,3H3. The Morgan fingerprint density at radius 3 is 2.70 bits per heavy atom. The van der Waals surface area contributed by atoms with Crippen molar-refractivity contribution < 1.29 is 18.5 Å². The van der Waals surface area contributed by atoms with Crippen LogP contribution in [-0.4, -0.2) is 53.5 Å². The van der Waals surface area contributed by atoms with E-state index >= 15 is 0 Å². The lowest BCUT2D eigenvalue weighted by Gasteiger charge is -2.28. The Morgan fingerprint density at radius 1 is 1.48 bits per heavy atom. The van der Waals surface area contributed by atoms with Gasteiger partial charge in [-0.05, 0) is 13.0 Å². The maximum Gasteiger partial charge on any atom is 0.338 e. The number of hydrogen-bond donors (Lipinski definition) is 0. The molecule has 0 amide bonds. The van der Waals surface area contributed by atoms with Crippen LogP contribution in [0.15, 0.2) is 12.6 Å². The molecule has 6 nitrogen and oxygen atoms in total. The van der Waals surface area contributed by atoms with Crippen LogP contribution >= 0.6 is 11.6 Å². The highest BCUT2D eigenvalue weighted by atomic mass is 35.5. The minimum atomic E-state index is -0.798. The summed E-state index contributed by atoms with van der Waals surface area (Å²) >= 11 is 6.27. The molecule has 0 spiro atoms. The number of carbonyl (C=O) groups excluding carboxylic acids is 1. The maximum atomic E-state index is 12.1. The second-order valence-electron chi connectivity index (χ2n) is 4.88. The lowest BCUT2D eigenvalue weighted by atomic mass is 10.1. The van der Waals surface area contributed by atoms with Crippen LogP contribution in [0.4, 0.5) is 5.82 Å². The van der Waals surface area contributed by atoms with Gasteiger partial charge < -0.3 is 14.4 Å². The number of hydrogen-bond acceptors (Lipinski definition) is 6. The van der Waals surface area contributed by atoms with Crippen molar-refractivity contribution in [2.75, 3.05) is 43.2 Å². The van der Waals surface area contributed by atoms with E-state index in [9.17, 15) is 9.00 Å². The van der Waals surface area contributed by atoms with Gasteiger partial charge in [0.2, 0.25) is 0 Å². The fourth-order valence-electron chi connectivity index (χ4n) is 2.31. The van der Waals surface area contributed by atoms with Gasteiger partial charge in [0.15, 0.2) is 0 Å². The molecule has 8 heteroatoms. The molecule has 23 heavy (non-hydrogen) atoms. The number of nitrogens with zero attached hydrogens (tertiary/aromatic N) is 2. The fraction of sp³-hybridized carbons (Fsp3) is 0.467. The molecule has 1 aliphatic rings. The largest absolute Gasteiger partial charge is 0.494 e. The third kappa shape index (κ3) is 4.03. The molecule has 126 valence electrons. The number of carbonyl (C=O) groups is 1. The number of anilines is 1. The highest BCUT2D eigenvalue weighted by Gasteiger charge is 2.24. The van der Waals surface area contributed by atoms with Gasteiger partial charge in [-0.1, -0.05) is 18.2 Å². The molecule has 0 atom stereocenters. The Bertz CT molecular complexity index is 641. The number of ether oxygens (including phenoxy) is 2. The van der Waals surface area contributed by atoms with Gasteiger partial charge in [0.1, 0.15) is 16.7 Å². The van der Waals surface area contributed by atoms with Crippen LogP contribution < -0.4 is 4.90 Å². The average molecular weight is 359 g/mol. The summed E-state index contributed by atoms with van der Waals surface area (Å²) in [6.45, 7) is 7.21. The predicted octanol–water partition coefficient (Wildman–Crippen LogP) is 2.10. The molecular formula is C15H19ClN2O4S. The van der Waals surface area contributed by atoms with Crippen LogP contribution in [0.25, 0.3) is 5.76 Å². The Labute approximate surface area is 142 Å². The van der Waals surface area contributed by atoms with Gasteiger partial charge in [0.25, 0.3) is 0 Å². The van der Waals surface area contributed by atoms with E-state index in [0.29, 0.717) is 42.6 Å². The first kappa shape index (κ1) is 17.7. The van der Waals surface area contributed by atoms with Gasteiger partial charge in [-0.25, -0.2) is 9.78 Å². The Balaban J connectivity index is 2.44. The van der Waals surface area contributed by atoms with E-state index in [0.717, 1.165) is 0 Å². The number of halogens is 1. The highest BCUT2D eigenvalue weighted by molar-refractivity contribution is 7.85. The lowest BCUT2D eigenvalue weighted by molar-refractivity contribution is 0.0599. The summed E-state index contributed by atoms with van der Waals surface area (Å²) in [6.07, 6.45) is 0. The summed E-state index contributed by atoms with van der Waals surface area (Å²) in [4.78, 5) is 18.4. The first-order valence-corrected chi connectivity index (χ1v) is 9.05. The monoisotopic (exact) mass is 358 g/mol. The number of methoxy groups -OCH3 is 1. The summed E-state index contributed by atoms with van der Waals surface area (Å²) in [5.41, 5.74) is 0.595. The molecular weight excluding hydrogens is 340 g/mol. The number of esters is 1. The molecule has 0 aliphatic carbocycles. The molecule has 1 fully saturated rings. The first-order valence-electron chi connectivity index (χ1n) is 7.18. The molecule has 2 heterocycles. The molecule has 1 saturated heterocycles. The third-order valence-corrected chi connectivity index (χ3v) is 5.02. The van der Waals surface area contributed by atoms with Crippen LogP contribution in [0.1, 0.15) is 22.8 Å². The molecule has 0 aromatic carbocycles. The second kappa shape index (κ2) is 7.79. The van der Waals surface area contributed by atoms with Crippen molar-refractivity contribution in [1.82, 2.24) is 4.98 Å². The highest BCUT2D eigenvalue weighted by Crippen LogP contribution is 2.30. The maximum absolute atomic E-state index is 12.1. The minimum Gasteiger partial charge on any atom is -0.494 e. The van der Waals surface area contributed by atoms with Crippen LogP contribution in [0, 0.1) is 0 Å². The van der Waals surface area contributed by atoms with E-state index < -0.39 is 16.8 Å². The van der Waals surface area contributed by atoms with Gasteiger partial charge in [-0.15, -0.1) is 0 Å². The first-order chi connectivity index (χ1) is 11.0. The van der Waals surface area contributed by atoms with Crippen molar-refractivity contribution in [3.8, 4) is 0 Å². The zero-order chi connectivity index (χ0) is 17.0. The number of rotatable bonds is 5. The summed E-state index contributed by atoms with van der Waals surface area (Å²) in [7, 11) is 0.501. The normalized spacial score (nSPS) is 15.3. The van der Waals surface area contributed by atoms with E-state index in [1.165, 1.54) is 7.11 Å². The van der Waals surface area contributed by atoms with Crippen LogP contribution in [0.3, 0.4) is 0 Å². The molecule has 0 saturated carbocycles. The summed E-state index contributed by atoms with van der Waals surface area (Å²) in [5.74, 6) is 1.43. The van der Waals surface area contributed by atoms with Crippen molar-refractivity contribution in [2.24, 2.45) is 0 Å².